The number of anilines is 1. The summed E-state index contributed by atoms with van der Waals surface area (Å²) in [7, 11) is 0. The van der Waals surface area contributed by atoms with E-state index < -0.39 is 0 Å². The van der Waals surface area contributed by atoms with Gasteiger partial charge in [-0.25, -0.2) is 0 Å². The van der Waals surface area contributed by atoms with E-state index in [0.717, 1.165) is 17.5 Å². The maximum Gasteiger partial charge on any atom is 0.0748 e. The molecule has 0 radical (unpaired) electrons. The third-order valence-corrected chi connectivity index (χ3v) is 3.40. The molecule has 1 aromatic rings. The Morgan fingerprint density at radius 3 is 2.87 bits per heavy atom. The zero-order chi connectivity index (χ0) is 10.8. The highest BCUT2D eigenvalue weighted by atomic mass is 79.9. The van der Waals surface area contributed by atoms with Crippen LogP contribution in [0.3, 0.4) is 0 Å². The van der Waals surface area contributed by atoms with Gasteiger partial charge in [0.05, 0.1) is 12.1 Å². The summed E-state index contributed by atoms with van der Waals surface area (Å²) in [5, 5.41) is 3.54. The minimum Gasteiger partial charge on any atom is -0.379 e. The second-order valence-corrected chi connectivity index (χ2v) is 4.99. The Hall–Kier alpha value is -0.540. The first-order valence-corrected chi connectivity index (χ1v) is 6.10. The number of hydrogen-bond acceptors (Lipinski definition) is 2. The Kier molecular flexibility index (Phi) is 3.32. The van der Waals surface area contributed by atoms with Crippen molar-refractivity contribution in [2.24, 2.45) is 0 Å². The molecule has 1 aliphatic heterocycles. The van der Waals surface area contributed by atoms with Gasteiger partial charge in [0, 0.05) is 16.8 Å². The number of benzene rings is 1. The van der Waals surface area contributed by atoms with Gasteiger partial charge in [-0.2, -0.15) is 0 Å². The van der Waals surface area contributed by atoms with E-state index in [0.29, 0.717) is 12.1 Å². The lowest BCUT2D eigenvalue weighted by atomic mass is 10.1. The van der Waals surface area contributed by atoms with Crippen LogP contribution in [-0.4, -0.2) is 18.8 Å². The van der Waals surface area contributed by atoms with E-state index in [-0.39, 0.29) is 0 Å². The molecule has 1 saturated heterocycles. The SMILES string of the molecule is Cc1cc(Br)ccc1N[C@H]1CCO[C@@H]1C. The maximum atomic E-state index is 5.53. The van der Waals surface area contributed by atoms with Gasteiger partial charge in [0.1, 0.15) is 0 Å². The Balaban J connectivity index is 2.10. The van der Waals surface area contributed by atoms with E-state index in [4.69, 9.17) is 4.74 Å². The van der Waals surface area contributed by atoms with Gasteiger partial charge in [0.2, 0.25) is 0 Å². The molecule has 0 aromatic heterocycles. The van der Waals surface area contributed by atoms with Crippen molar-refractivity contribution < 1.29 is 4.74 Å². The van der Waals surface area contributed by atoms with Crippen molar-refractivity contribution in [2.45, 2.75) is 32.4 Å². The fourth-order valence-corrected chi connectivity index (χ4v) is 2.39. The first-order chi connectivity index (χ1) is 7.16. The Labute approximate surface area is 99.1 Å². The fraction of sp³-hybridized carbons (Fsp3) is 0.500. The van der Waals surface area contributed by atoms with Crippen LogP contribution in [-0.2, 0) is 4.74 Å². The summed E-state index contributed by atoms with van der Waals surface area (Å²) in [6, 6.07) is 6.76. The lowest BCUT2D eigenvalue weighted by molar-refractivity contribution is 0.121. The molecule has 0 aliphatic carbocycles. The van der Waals surface area contributed by atoms with Crippen molar-refractivity contribution >= 4 is 21.6 Å². The Morgan fingerprint density at radius 2 is 2.27 bits per heavy atom. The van der Waals surface area contributed by atoms with Crippen LogP contribution in [0.25, 0.3) is 0 Å². The summed E-state index contributed by atoms with van der Waals surface area (Å²) in [6.45, 7) is 5.11. The van der Waals surface area contributed by atoms with E-state index >= 15 is 0 Å². The maximum absolute atomic E-state index is 5.53. The average molecular weight is 270 g/mol. The third-order valence-electron chi connectivity index (χ3n) is 2.91. The molecular formula is C12H16BrNO. The third kappa shape index (κ3) is 2.52. The molecule has 1 aliphatic rings. The lowest BCUT2D eigenvalue weighted by Crippen LogP contribution is -2.26. The molecule has 1 N–H and O–H groups in total. The standard InChI is InChI=1S/C12H16BrNO/c1-8-7-10(13)3-4-11(8)14-12-5-6-15-9(12)2/h3-4,7,9,12,14H,5-6H2,1-2H3/t9-,12+/m1/s1. The number of hydrogen-bond donors (Lipinski definition) is 1. The summed E-state index contributed by atoms with van der Waals surface area (Å²) in [4.78, 5) is 0. The largest absolute Gasteiger partial charge is 0.379 e. The predicted molar refractivity (Wildman–Crippen MR) is 66.3 cm³/mol. The molecule has 3 heteroatoms. The van der Waals surface area contributed by atoms with Crippen LogP contribution >= 0.6 is 15.9 Å². The second kappa shape index (κ2) is 4.54. The average Bonchev–Trinajstić information content (AvgIpc) is 2.57. The monoisotopic (exact) mass is 269 g/mol. The first kappa shape index (κ1) is 11.0. The minimum atomic E-state index is 0.313. The highest BCUT2D eigenvalue weighted by Crippen LogP contribution is 2.24. The summed E-state index contributed by atoms with van der Waals surface area (Å²) < 4.78 is 6.66. The molecule has 1 heterocycles. The van der Waals surface area contributed by atoms with E-state index in [2.05, 4.69) is 53.3 Å². The van der Waals surface area contributed by atoms with Crippen molar-refractivity contribution in [2.75, 3.05) is 11.9 Å². The predicted octanol–water partition coefficient (Wildman–Crippen LogP) is 3.35. The van der Waals surface area contributed by atoms with Crippen LogP contribution in [0.2, 0.25) is 0 Å². The van der Waals surface area contributed by atoms with Crippen LogP contribution in [0, 0.1) is 6.92 Å². The van der Waals surface area contributed by atoms with E-state index in [1.165, 1.54) is 11.3 Å². The number of rotatable bonds is 2. The normalized spacial score (nSPS) is 25.5. The van der Waals surface area contributed by atoms with E-state index in [1.807, 2.05) is 0 Å². The molecule has 0 spiro atoms. The molecule has 0 amide bonds. The van der Waals surface area contributed by atoms with Gasteiger partial charge in [-0.1, -0.05) is 15.9 Å². The highest BCUT2D eigenvalue weighted by molar-refractivity contribution is 9.10. The summed E-state index contributed by atoms with van der Waals surface area (Å²) >= 11 is 3.47. The van der Waals surface area contributed by atoms with Gasteiger partial charge in [-0.15, -0.1) is 0 Å². The minimum absolute atomic E-state index is 0.313. The van der Waals surface area contributed by atoms with E-state index in [9.17, 15) is 0 Å². The van der Waals surface area contributed by atoms with Crippen molar-refractivity contribution in [1.29, 1.82) is 0 Å². The molecule has 1 fully saturated rings. The summed E-state index contributed by atoms with van der Waals surface area (Å²) in [5.41, 5.74) is 2.48. The van der Waals surface area contributed by atoms with Gasteiger partial charge >= 0.3 is 0 Å². The van der Waals surface area contributed by atoms with Crippen LogP contribution in [0.5, 0.6) is 0 Å². The van der Waals surface area contributed by atoms with Crippen molar-refractivity contribution in [3.8, 4) is 0 Å². The molecule has 2 nitrogen and oxygen atoms in total. The molecule has 82 valence electrons. The Bertz CT molecular complexity index is 353. The quantitative estimate of drug-likeness (QED) is 0.889. The lowest BCUT2D eigenvalue weighted by Gasteiger charge is -2.19. The van der Waals surface area contributed by atoms with Gasteiger partial charge in [-0.3, -0.25) is 0 Å². The van der Waals surface area contributed by atoms with Gasteiger partial charge in [-0.05, 0) is 44.0 Å². The zero-order valence-corrected chi connectivity index (χ0v) is 10.7. The van der Waals surface area contributed by atoms with Crippen LogP contribution in [0.15, 0.2) is 22.7 Å². The Morgan fingerprint density at radius 1 is 1.47 bits per heavy atom. The second-order valence-electron chi connectivity index (χ2n) is 4.07. The molecule has 15 heavy (non-hydrogen) atoms. The molecule has 0 saturated carbocycles. The van der Waals surface area contributed by atoms with E-state index in [1.54, 1.807) is 0 Å². The summed E-state index contributed by atoms with van der Waals surface area (Å²) in [5.74, 6) is 0. The van der Waals surface area contributed by atoms with Crippen LogP contribution < -0.4 is 5.32 Å². The van der Waals surface area contributed by atoms with Crippen molar-refractivity contribution in [3.63, 3.8) is 0 Å². The molecule has 0 bridgehead atoms. The van der Waals surface area contributed by atoms with Gasteiger partial charge in [0.15, 0.2) is 0 Å². The number of halogens is 1. The molecule has 0 unspecified atom stereocenters. The number of nitrogens with one attached hydrogen (secondary N) is 1. The molecule has 1 aromatic carbocycles. The summed E-state index contributed by atoms with van der Waals surface area (Å²) in [6.07, 6.45) is 1.41. The highest BCUT2D eigenvalue weighted by Gasteiger charge is 2.24. The molecule has 2 rings (SSSR count). The van der Waals surface area contributed by atoms with Crippen LogP contribution in [0.1, 0.15) is 18.9 Å². The smallest absolute Gasteiger partial charge is 0.0748 e. The number of aryl methyl sites for hydroxylation is 1. The fourth-order valence-electron chi connectivity index (χ4n) is 1.91. The van der Waals surface area contributed by atoms with Crippen LogP contribution in [0.4, 0.5) is 5.69 Å². The number of ether oxygens (including phenoxy) is 1. The van der Waals surface area contributed by atoms with Gasteiger partial charge in [0.25, 0.3) is 0 Å². The molecular weight excluding hydrogens is 254 g/mol. The van der Waals surface area contributed by atoms with Gasteiger partial charge < -0.3 is 10.1 Å². The zero-order valence-electron chi connectivity index (χ0n) is 9.09. The first-order valence-electron chi connectivity index (χ1n) is 5.31. The topological polar surface area (TPSA) is 21.3 Å². The molecule has 2 atom stereocenters. The van der Waals surface area contributed by atoms with Crippen molar-refractivity contribution in [1.82, 2.24) is 0 Å². The van der Waals surface area contributed by atoms with Crippen molar-refractivity contribution in [3.05, 3.63) is 28.2 Å².